The van der Waals surface area contributed by atoms with E-state index in [1.807, 2.05) is 36.1 Å². The van der Waals surface area contributed by atoms with Crippen LogP contribution in [0.3, 0.4) is 0 Å². The second kappa shape index (κ2) is 6.36. The van der Waals surface area contributed by atoms with Gasteiger partial charge in [0.2, 0.25) is 5.91 Å². The molecule has 3 rings (SSSR count). The number of allylic oxidation sites excluding steroid dienone is 1. The van der Waals surface area contributed by atoms with E-state index in [2.05, 4.69) is 0 Å². The van der Waals surface area contributed by atoms with E-state index in [0.717, 1.165) is 43.5 Å². The minimum absolute atomic E-state index is 0.0518. The molecule has 23 heavy (non-hydrogen) atoms. The smallest absolute Gasteiger partial charge is 0.246 e. The van der Waals surface area contributed by atoms with Crippen LogP contribution in [0.25, 0.3) is 0 Å². The lowest BCUT2D eigenvalue weighted by Crippen LogP contribution is -2.47. The molecule has 0 radical (unpaired) electrons. The molecule has 2 aliphatic rings. The molecule has 124 valence electrons. The Morgan fingerprint density at radius 1 is 1.30 bits per heavy atom. The van der Waals surface area contributed by atoms with Gasteiger partial charge in [-0.25, -0.2) is 0 Å². The largest absolute Gasteiger partial charge is 0.497 e. The van der Waals surface area contributed by atoms with Crippen LogP contribution in [0.1, 0.15) is 44.6 Å². The van der Waals surface area contributed by atoms with Gasteiger partial charge in [-0.1, -0.05) is 17.7 Å². The maximum absolute atomic E-state index is 12.6. The minimum Gasteiger partial charge on any atom is -0.497 e. The van der Waals surface area contributed by atoms with Gasteiger partial charge in [-0.05, 0) is 56.7 Å². The molecule has 4 nitrogen and oxygen atoms in total. The van der Waals surface area contributed by atoms with E-state index < -0.39 is 5.60 Å². The lowest BCUT2D eigenvalue weighted by Gasteiger charge is -2.37. The first-order chi connectivity index (χ1) is 11.0. The maximum atomic E-state index is 12.6. The molecule has 1 saturated carbocycles. The Hall–Kier alpha value is -1.81. The van der Waals surface area contributed by atoms with Gasteiger partial charge in [-0.3, -0.25) is 4.79 Å². The third-order valence-electron chi connectivity index (χ3n) is 5.18. The van der Waals surface area contributed by atoms with Crippen molar-refractivity contribution >= 4 is 5.91 Å². The standard InChI is InChI=1S/C19H25NO3/c1-19(22,15-8-10-16(23-2)11-9-15)17-7-4-12-20(17)18(21)13-14-5-3-6-14/h8-11,13,17,22H,3-7,12H2,1-2H3/t17-,19-/m1/s1. The lowest BCUT2D eigenvalue weighted by molar-refractivity contribution is -0.132. The molecule has 4 heteroatoms. The van der Waals surface area contributed by atoms with Crippen molar-refractivity contribution in [3.63, 3.8) is 0 Å². The normalized spacial score (nSPS) is 23.2. The van der Waals surface area contributed by atoms with Crippen LogP contribution in [-0.2, 0) is 10.4 Å². The third kappa shape index (κ3) is 3.13. The Morgan fingerprint density at radius 3 is 2.57 bits per heavy atom. The van der Waals surface area contributed by atoms with Crippen molar-refractivity contribution in [3.05, 3.63) is 41.5 Å². The van der Waals surface area contributed by atoms with Gasteiger partial charge in [0.25, 0.3) is 0 Å². The number of nitrogens with zero attached hydrogens (tertiary/aromatic N) is 1. The van der Waals surface area contributed by atoms with E-state index in [-0.39, 0.29) is 11.9 Å². The zero-order valence-corrected chi connectivity index (χ0v) is 13.9. The highest BCUT2D eigenvalue weighted by Gasteiger charge is 2.42. The molecule has 1 aliphatic heterocycles. The zero-order chi connectivity index (χ0) is 16.4. The van der Waals surface area contributed by atoms with E-state index in [4.69, 9.17) is 4.74 Å². The number of benzene rings is 1. The van der Waals surface area contributed by atoms with E-state index in [1.165, 1.54) is 12.0 Å². The summed E-state index contributed by atoms with van der Waals surface area (Å²) in [6.45, 7) is 2.53. The van der Waals surface area contributed by atoms with Crippen LogP contribution >= 0.6 is 0 Å². The van der Waals surface area contributed by atoms with Crippen molar-refractivity contribution in [1.29, 1.82) is 0 Å². The summed E-state index contributed by atoms with van der Waals surface area (Å²) in [7, 11) is 1.62. The van der Waals surface area contributed by atoms with Crippen molar-refractivity contribution in [2.45, 2.75) is 50.7 Å². The predicted molar refractivity (Wildman–Crippen MR) is 89.2 cm³/mol. The molecular formula is C19H25NO3. The second-order valence-electron chi connectivity index (χ2n) is 6.72. The number of aliphatic hydroxyl groups is 1. The van der Waals surface area contributed by atoms with Crippen LogP contribution in [0.2, 0.25) is 0 Å². The van der Waals surface area contributed by atoms with Gasteiger partial charge in [-0.2, -0.15) is 0 Å². The van der Waals surface area contributed by atoms with Gasteiger partial charge in [0.05, 0.1) is 13.2 Å². The summed E-state index contributed by atoms with van der Waals surface area (Å²) in [4.78, 5) is 14.4. The average Bonchev–Trinajstić information content (AvgIpc) is 3.01. The molecule has 1 amide bonds. The third-order valence-corrected chi connectivity index (χ3v) is 5.18. The predicted octanol–water partition coefficient (Wildman–Crippen LogP) is 3.00. The molecule has 1 heterocycles. The molecule has 0 bridgehead atoms. The van der Waals surface area contributed by atoms with E-state index >= 15 is 0 Å². The first-order valence-corrected chi connectivity index (χ1v) is 8.39. The highest BCUT2D eigenvalue weighted by Crippen LogP contribution is 2.36. The second-order valence-corrected chi connectivity index (χ2v) is 6.72. The van der Waals surface area contributed by atoms with Gasteiger partial charge in [-0.15, -0.1) is 0 Å². The van der Waals surface area contributed by atoms with Gasteiger partial charge in [0.15, 0.2) is 0 Å². The van der Waals surface area contributed by atoms with Gasteiger partial charge in [0.1, 0.15) is 11.4 Å². The Labute approximate surface area is 137 Å². The van der Waals surface area contributed by atoms with Crippen molar-refractivity contribution in [2.24, 2.45) is 0 Å². The number of hydrogen-bond acceptors (Lipinski definition) is 3. The Morgan fingerprint density at radius 2 is 2.00 bits per heavy atom. The maximum Gasteiger partial charge on any atom is 0.246 e. The minimum atomic E-state index is -1.06. The first kappa shape index (κ1) is 16.1. The van der Waals surface area contributed by atoms with Crippen molar-refractivity contribution in [3.8, 4) is 5.75 Å². The lowest BCUT2D eigenvalue weighted by atomic mass is 9.86. The molecule has 1 aliphatic carbocycles. The van der Waals surface area contributed by atoms with Crippen LogP contribution in [0.15, 0.2) is 35.9 Å². The molecule has 0 spiro atoms. The van der Waals surface area contributed by atoms with E-state index in [0.29, 0.717) is 0 Å². The molecular weight excluding hydrogens is 290 g/mol. The number of likely N-dealkylation sites (tertiary alicyclic amines) is 1. The van der Waals surface area contributed by atoms with Crippen LogP contribution < -0.4 is 4.74 Å². The van der Waals surface area contributed by atoms with Crippen LogP contribution in [0.5, 0.6) is 5.75 Å². The molecule has 1 saturated heterocycles. The van der Waals surface area contributed by atoms with E-state index in [1.54, 1.807) is 13.2 Å². The van der Waals surface area contributed by atoms with Crippen LogP contribution in [0, 0.1) is 0 Å². The summed E-state index contributed by atoms with van der Waals surface area (Å²) >= 11 is 0. The molecule has 0 aromatic heterocycles. The topological polar surface area (TPSA) is 49.8 Å². The Balaban J connectivity index is 1.80. The van der Waals surface area contributed by atoms with Crippen molar-refractivity contribution in [1.82, 2.24) is 4.90 Å². The molecule has 2 fully saturated rings. The fraction of sp³-hybridized carbons (Fsp3) is 0.526. The summed E-state index contributed by atoms with van der Waals surface area (Å²) in [5.41, 5.74) is 1.00. The molecule has 2 atom stereocenters. The zero-order valence-electron chi connectivity index (χ0n) is 13.9. The molecule has 1 aromatic carbocycles. The number of rotatable bonds is 4. The summed E-state index contributed by atoms with van der Waals surface area (Å²) in [5.74, 6) is 0.814. The summed E-state index contributed by atoms with van der Waals surface area (Å²) in [6.07, 6.45) is 6.82. The Bertz CT molecular complexity index is 598. The number of ether oxygens (including phenoxy) is 1. The number of carbonyl (C=O) groups excluding carboxylic acids is 1. The van der Waals surface area contributed by atoms with Crippen LogP contribution in [-0.4, -0.2) is 35.6 Å². The van der Waals surface area contributed by atoms with Crippen LogP contribution in [0.4, 0.5) is 0 Å². The van der Waals surface area contributed by atoms with Crippen molar-refractivity contribution in [2.75, 3.05) is 13.7 Å². The highest BCUT2D eigenvalue weighted by atomic mass is 16.5. The molecule has 1 N–H and O–H groups in total. The summed E-state index contributed by atoms with van der Waals surface area (Å²) < 4.78 is 5.18. The first-order valence-electron chi connectivity index (χ1n) is 8.39. The molecule has 1 aromatic rings. The Kier molecular flexibility index (Phi) is 4.44. The summed E-state index contributed by atoms with van der Waals surface area (Å²) in [5, 5.41) is 11.1. The van der Waals surface area contributed by atoms with Gasteiger partial charge >= 0.3 is 0 Å². The quantitative estimate of drug-likeness (QED) is 0.869. The fourth-order valence-electron chi connectivity index (χ4n) is 3.52. The fourth-order valence-corrected chi connectivity index (χ4v) is 3.52. The SMILES string of the molecule is COc1ccc([C@@](C)(O)[C@H]2CCCN2C(=O)C=C2CCC2)cc1. The molecule has 0 unspecified atom stereocenters. The van der Waals surface area contributed by atoms with Gasteiger partial charge in [0, 0.05) is 12.6 Å². The number of amides is 1. The monoisotopic (exact) mass is 315 g/mol. The van der Waals surface area contributed by atoms with Gasteiger partial charge < -0.3 is 14.7 Å². The highest BCUT2D eigenvalue weighted by molar-refractivity contribution is 5.89. The average molecular weight is 315 g/mol. The van der Waals surface area contributed by atoms with Crippen molar-refractivity contribution < 1.29 is 14.6 Å². The number of carbonyl (C=O) groups is 1. The number of methoxy groups -OCH3 is 1. The number of hydrogen-bond donors (Lipinski definition) is 1. The van der Waals surface area contributed by atoms with E-state index in [9.17, 15) is 9.90 Å². The summed E-state index contributed by atoms with van der Waals surface area (Å²) in [6, 6.07) is 7.28.